The van der Waals surface area contributed by atoms with Gasteiger partial charge in [-0.15, -0.1) is 0 Å². The molecule has 0 amide bonds. The number of anilines is 1. The Morgan fingerprint density at radius 1 is 1.14 bits per heavy atom. The number of carbonyl (C=O) groups is 1. The number of benzene rings is 1. The molecule has 6 nitrogen and oxygen atoms in total. The zero-order chi connectivity index (χ0) is 15.7. The Balaban J connectivity index is 2.60. The molecule has 0 aliphatic carbocycles. The van der Waals surface area contributed by atoms with Crippen LogP contribution in [0, 0.1) is 0 Å². The standard InChI is InChI=1S/C14H21NO5S/c1-3-9-20-14(16)12-5-7-13(8-6-12)15-21(17,18)11-10-19-4-2/h5-8,15H,3-4,9-11H2,1-2H3. The van der Waals surface area contributed by atoms with Gasteiger partial charge >= 0.3 is 5.97 Å². The summed E-state index contributed by atoms with van der Waals surface area (Å²) in [6.45, 7) is 4.70. The molecule has 1 aromatic rings. The maximum atomic E-state index is 11.8. The zero-order valence-corrected chi connectivity index (χ0v) is 13.1. The lowest BCUT2D eigenvalue weighted by molar-refractivity contribution is 0.0505. The van der Waals surface area contributed by atoms with Gasteiger partial charge in [0.2, 0.25) is 10.0 Å². The van der Waals surface area contributed by atoms with E-state index in [1.807, 2.05) is 6.92 Å². The van der Waals surface area contributed by atoms with Crippen LogP contribution in [0.3, 0.4) is 0 Å². The van der Waals surface area contributed by atoms with Crippen molar-refractivity contribution >= 4 is 21.7 Å². The average Bonchev–Trinajstić information content (AvgIpc) is 2.45. The van der Waals surface area contributed by atoms with Crippen molar-refractivity contribution in [1.29, 1.82) is 0 Å². The predicted molar refractivity (Wildman–Crippen MR) is 80.9 cm³/mol. The number of sulfonamides is 1. The Labute approximate surface area is 125 Å². The highest BCUT2D eigenvalue weighted by Gasteiger charge is 2.11. The highest BCUT2D eigenvalue weighted by molar-refractivity contribution is 7.92. The van der Waals surface area contributed by atoms with E-state index >= 15 is 0 Å². The van der Waals surface area contributed by atoms with Gasteiger partial charge in [-0.1, -0.05) is 6.92 Å². The minimum atomic E-state index is -3.45. The van der Waals surface area contributed by atoms with Crippen molar-refractivity contribution in [3.63, 3.8) is 0 Å². The Hall–Kier alpha value is -1.60. The molecule has 0 aliphatic heterocycles. The van der Waals surface area contributed by atoms with E-state index in [9.17, 15) is 13.2 Å². The van der Waals surface area contributed by atoms with Crippen molar-refractivity contribution < 1.29 is 22.7 Å². The second-order valence-corrected chi connectivity index (χ2v) is 6.17. The van der Waals surface area contributed by atoms with E-state index in [4.69, 9.17) is 9.47 Å². The van der Waals surface area contributed by atoms with E-state index in [0.29, 0.717) is 24.5 Å². The first kappa shape index (κ1) is 17.5. The van der Waals surface area contributed by atoms with Crippen LogP contribution in [0.4, 0.5) is 5.69 Å². The van der Waals surface area contributed by atoms with Crippen LogP contribution >= 0.6 is 0 Å². The highest BCUT2D eigenvalue weighted by Crippen LogP contribution is 2.12. The molecule has 0 heterocycles. The molecular weight excluding hydrogens is 294 g/mol. The zero-order valence-electron chi connectivity index (χ0n) is 12.3. The van der Waals surface area contributed by atoms with E-state index in [0.717, 1.165) is 6.42 Å². The summed E-state index contributed by atoms with van der Waals surface area (Å²) in [5, 5.41) is 0. The fraction of sp³-hybridized carbons (Fsp3) is 0.500. The SMILES string of the molecule is CCCOC(=O)c1ccc(NS(=O)(=O)CCOCC)cc1. The van der Waals surface area contributed by atoms with Crippen LogP contribution in [0.1, 0.15) is 30.6 Å². The normalized spacial score (nSPS) is 11.1. The third-order valence-electron chi connectivity index (χ3n) is 2.53. The minimum Gasteiger partial charge on any atom is -0.462 e. The average molecular weight is 315 g/mol. The molecule has 0 saturated carbocycles. The Morgan fingerprint density at radius 3 is 2.38 bits per heavy atom. The van der Waals surface area contributed by atoms with Gasteiger partial charge in [-0.05, 0) is 37.6 Å². The van der Waals surface area contributed by atoms with Gasteiger partial charge in [0.15, 0.2) is 0 Å². The Morgan fingerprint density at radius 2 is 1.81 bits per heavy atom. The number of ether oxygens (including phenoxy) is 2. The van der Waals surface area contributed by atoms with Gasteiger partial charge in [0.05, 0.1) is 24.5 Å². The summed E-state index contributed by atoms with van der Waals surface area (Å²) in [6, 6.07) is 6.11. The summed E-state index contributed by atoms with van der Waals surface area (Å²) >= 11 is 0. The number of nitrogens with one attached hydrogen (secondary N) is 1. The molecule has 118 valence electrons. The molecule has 0 aliphatic rings. The number of esters is 1. The molecule has 0 aromatic heterocycles. The number of rotatable bonds is 9. The molecular formula is C14H21NO5S. The van der Waals surface area contributed by atoms with Crippen LogP contribution in [0.2, 0.25) is 0 Å². The summed E-state index contributed by atoms with van der Waals surface area (Å²) in [5.74, 6) is -0.524. The molecule has 1 rings (SSSR count). The maximum Gasteiger partial charge on any atom is 0.338 e. The van der Waals surface area contributed by atoms with Crippen molar-refractivity contribution in [1.82, 2.24) is 0 Å². The molecule has 0 radical (unpaired) electrons. The third-order valence-corrected chi connectivity index (χ3v) is 3.78. The van der Waals surface area contributed by atoms with Gasteiger partial charge in [0.25, 0.3) is 0 Å². The summed E-state index contributed by atoms with van der Waals surface area (Å²) in [5.41, 5.74) is 0.791. The number of carbonyl (C=O) groups excluding carboxylic acids is 1. The van der Waals surface area contributed by atoms with Crippen LogP contribution in [0.15, 0.2) is 24.3 Å². The largest absolute Gasteiger partial charge is 0.462 e. The molecule has 1 N–H and O–H groups in total. The number of hydrogen-bond acceptors (Lipinski definition) is 5. The van der Waals surface area contributed by atoms with Crippen molar-refractivity contribution in [3.05, 3.63) is 29.8 Å². The Bertz CT molecular complexity index is 539. The van der Waals surface area contributed by atoms with E-state index < -0.39 is 16.0 Å². The predicted octanol–water partition coefficient (Wildman–Crippen LogP) is 2.03. The van der Waals surface area contributed by atoms with Gasteiger partial charge in [-0.25, -0.2) is 13.2 Å². The smallest absolute Gasteiger partial charge is 0.338 e. The van der Waals surface area contributed by atoms with E-state index in [2.05, 4.69) is 4.72 Å². The van der Waals surface area contributed by atoms with Crippen LogP contribution in [-0.2, 0) is 19.5 Å². The topological polar surface area (TPSA) is 81.7 Å². The molecule has 0 fully saturated rings. The van der Waals surface area contributed by atoms with Gasteiger partial charge in [0, 0.05) is 12.3 Å². The first-order valence-electron chi connectivity index (χ1n) is 6.84. The lowest BCUT2D eigenvalue weighted by atomic mass is 10.2. The van der Waals surface area contributed by atoms with E-state index in [1.54, 1.807) is 6.92 Å². The minimum absolute atomic E-state index is 0.110. The molecule has 0 unspecified atom stereocenters. The van der Waals surface area contributed by atoms with E-state index in [1.165, 1.54) is 24.3 Å². The monoisotopic (exact) mass is 315 g/mol. The summed E-state index contributed by atoms with van der Waals surface area (Å²) in [6.07, 6.45) is 0.753. The summed E-state index contributed by atoms with van der Waals surface area (Å²) in [7, 11) is -3.45. The lowest BCUT2D eigenvalue weighted by Crippen LogP contribution is -2.20. The number of hydrogen-bond donors (Lipinski definition) is 1. The van der Waals surface area contributed by atoms with Crippen LogP contribution in [0.5, 0.6) is 0 Å². The lowest BCUT2D eigenvalue weighted by Gasteiger charge is -2.09. The molecule has 21 heavy (non-hydrogen) atoms. The molecule has 0 bridgehead atoms. The van der Waals surface area contributed by atoms with Crippen molar-refractivity contribution in [3.8, 4) is 0 Å². The van der Waals surface area contributed by atoms with Crippen LogP contribution in [0.25, 0.3) is 0 Å². The molecule has 7 heteroatoms. The maximum absolute atomic E-state index is 11.8. The fourth-order valence-electron chi connectivity index (χ4n) is 1.50. The molecule has 0 spiro atoms. The molecule has 1 aromatic carbocycles. The molecule has 0 saturated heterocycles. The second kappa shape index (κ2) is 8.63. The summed E-state index contributed by atoms with van der Waals surface area (Å²) < 4.78 is 35.9. The second-order valence-electron chi connectivity index (χ2n) is 4.33. The van der Waals surface area contributed by atoms with Gasteiger partial charge in [0.1, 0.15) is 0 Å². The summed E-state index contributed by atoms with van der Waals surface area (Å²) in [4.78, 5) is 11.6. The third kappa shape index (κ3) is 6.59. The van der Waals surface area contributed by atoms with Gasteiger partial charge in [-0.2, -0.15) is 0 Å². The molecule has 0 atom stereocenters. The quantitative estimate of drug-likeness (QED) is 0.557. The van der Waals surface area contributed by atoms with Crippen LogP contribution < -0.4 is 4.72 Å². The van der Waals surface area contributed by atoms with Crippen molar-refractivity contribution in [2.75, 3.05) is 30.3 Å². The fourth-order valence-corrected chi connectivity index (χ4v) is 2.43. The van der Waals surface area contributed by atoms with Crippen molar-refractivity contribution in [2.24, 2.45) is 0 Å². The van der Waals surface area contributed by atoms with Gasteiger partial charge in [-0.3, -0.25) is 4.72 Å². The van der Waals surface area contributed by atoms with E-state index in [-0.39, 0.29) is 12.4 Å². The van der Waals surface area contributed by atoms with Gasteiger partial charge < -0.3 is 9.47 Å². The van der Waals surface area contributed by atoms with Crippen LogP contribution in [-0.4, -0.2) is 40.0 Å². The first-order valence-corrected chi connectivity index (χ1v) is 8.49. The highest BCUT2D eigenvalue weighted by atomic mass is 32.2. The Kier molecular flexibility index (Phi) is 7.18. The van der Waals surface area contributed by atoms with Crippen molar-refractivity contribution in [2.45, 2.75) is 20.3 Å². The first-order chi connectivity index (χ1) is 9.98.